The SMILES string of the molecule is Cc1ccc2nc(C3CCN(C)CC3)[nH]c(=O)c2c1. The number of hydrogen-bond acceptors (Lipinski definition) is 3. The van der Waals surface area contributed by atoms with Crippen molar-refractivity contribution in [2.45, 2.75) is 25.7 Å². The summed E-state index contributed by atoms with van der Waals surface area (Å²) in [5.74, 6) is 1.24. The fraction of sp³-hybridized carbons (Fsp3) is 0.467. The van der Waals surface area contributed by atoms with E-state index in [4.69, 9.17) is 0 Å². The first-order chi connectivity index (χ1) is 9.13. The van der Waals surface area contributed by atoms with Crippen LogP contribution in [0.4, 0.5) is 0 Å². The van der Waals surface area contributed by atoms with Crippen molar-refractivity contribution < 1.29 is 0 Å². The van der Waals surface area contributed by atoms with E-state index in [1.807, 2.05) is 25.1 Å². The first-order valence-electron chi connectivity index (χ1n) is 6.82. The molecule has 1 saturated heterocycles. The highest BCUT2D eigenvalue weighted by Gasteiger charge is 2.20. The Morgan fingerprint density at radius 2 is 2.05 bits per heavy atom. The average molecular weight is 257 g/mol. The van der Waals surface area contributed by atoms with Gasteiger partial charge in [0.05, 0.1) is 10.9 Å². The molecule has 0 atom stereocenters. The van der Waals surface area contributed by atoms with E-state index in [-0.39, 0.29) is 5.56 Å². The Morgan fingerprint density at radius 1 is 1.32 bits per heavy atom. The van der Waals surface area contributed by atoms with Crippen molar-refractivity contribution in [1.29, 1.82) is 0 Å². The minimum absolute atomic E-state index is 0.0115. The minimum Gasteiger partial charge on any atom is -0.310 e. The van der Waals surface area contributed by atoms with E-state index in [1.165, 1.54) is 0 Å². The maximum absolute atomic E-state index is 12.2. The monoisotopic (exact) mass is 257 g/mol. The van der Waals surface area contributed by atoms with Crippen LogP contribution in [0.25, 0.3) is 10.9 Å². The van der Waals surface area contributed by atoms with Crippen molar-refractivity contribution >= 4 is 10.9 Å². The number of aryl methyl sites for hydroxylation is 1. The molecule has 2 heterocycles. The summed E-state index contributed by atoms with van der Waals surface area (Å²) < 4.78 is 0. The molecule has 1 fully saturated rings. The number of H-pyrrole nitrogens is 1. The van der Waals surface area contributed by atoms with Crippen molar-refractivity contribution in [2.24, 2.45) is 0 Å². The number of likely N-dealkylation sites (tertiary alicyclic amines) is 1. The van der Waals surface area contributed by atoms with Crippen LogP contribution in [0.3, 0.4) is 0 Å². The number of aromatic amines is 1. The normalized spacial score (nSPS) is 18.0. The third-order valence-corrected chi connectivity index (χ3v) is 3.98. The van der Waals surface area contributed by atoms with Gasteiger partial charge in [-0.15, -0.1) is 0 Å². The third kappa shape index (κ3) is 2.40. The number of aromatic nitrogens is 2. The van der Waals surface area contributed by atoms with Crippen LogP contribution in [-0.4, -0.2) is 35.0 Å². The maximum atomic E-state index is 12.2. The fourth-order valence-corrected chi connectivity index (χ4v) is 2.75. The molecule has 100 valence electrons. The molecule has 1 aliphatic heterocycles. The van der Waals surface area contributed by atoms with Crippen molar-refractivity contribution in [3.05, 3.63) is 39.9 Å². The summed E-state index contributed by atoms with van der Waals surface area (Å²) in [6.45, 7) is 4.13. The summed E-state index contributed by atoms with van der Waals surface area (Å²) in [7, 11) is 2.13. The molecule has 0 unspecified atom stereocenters. The van der Waals surface area contributed by atoms with Crippen LogP contribution in [0.2, 0.25) is 0 Å². The first kappa shape index (κ1) is 12.4. The molecule has 1 aliphatic rings. The highest BCUT2D eigenvalue weighted by molar-refractivity contribution is 5.78. The maximum Gasteiger partial charge on any atom is 0.258 e. The summed E-state index contributed by atoms with van der Waals surface area (Å²) >= 11 is 0. The number of fused-ring (bicyclic) bond motifs is 1. The fourth-order valence-electron chi connectivity index (χ4n) is 2.75. The molecule has 1 aromatic heterocycles. The topological polar surface area (TPSA) is 49.0 Å². The number of hydrogen-bond donors (Lipinski definition) is 1. The highest BCUT2D eigenvalue weighted by Crippen LogP contribution is 2.25. The molecule has 2 aromatic rings. The Balaban J connectivity index is 2.01. The lowest BCUT2D eigenvalue weighted by molar-refractivity contribution is 0.251. The Morgan fingerprint density at radius 3 is 2.79 bits per heavy atom. The van der Waals surface area contributed by atoms with E-state index in [1.54, 1.807) is 0 Å². The smallest absolute Gasteiger partial charge is 0.258 e. The third-order valence-electron chi connectivity index (χ3n) is 3.98. The number of nitrogens with zero attached hydrogens (tertiary/aromatic N) is 2. The van der Waals surface area contributed by atoms with Gasteiger partial charge in [-0.05, 0) is 52.0 Å². The van der Waals surface area contributed by atoms with Crippen molar-refractivity contribution in [1.82, 2.24) is 14.9 Å². The Bertz CT molecular complexity index is 654. The van der Waals surface area contributed by atoms with Gasteiger partial charge < -0.3 is 9.88 Å². The van der Waals surface area contributed by atoms with Crippen molar-refractivity contribution in [3.8, 4) is 0 Å². The van der Waals surface area contributed by atoms with Gasteiger partial charge in [-0.2, -0.15) is 0 Å². The van der Waals surface area contributed by atoms with Gasteiger partial charge in [0.1, 0.15) is 5.82 Å². The standard InChI is InChI=1S/C15H19N3O/c1-10-3-4-13-12(9-10)15(19)17-14(16-13)11-5-7-18(2)8-6-11/h3-4,9,11H,5-8H2,1-2H3,(H,16,17,19). The lowest BCUT2D eigenvalue weighted by Gasteiger charge is -2.28. The Labute approximate surface area is 112 Å². The molecule has 0 bridgehead atoms. The lowest BCUT2D eigenvalue weighted by Crippen LogP contribution is -2.30. The molecule has 1 N–H and O–H groups in total. The average Bonchev–Trinajstić information content (AvgIpc) is 2.40. The van der Waals surface area contributed by atoms with E-state index in [0.717, 1.165) is 42.8 Å². The van der Waals surface area contributed by atoms with Crippen LogP contribution in [0.5, 0.6) is 0 Å². The molecule has 4 nitrogen and oxygen atoms in total. The largest absolute Gasteiger partial charge is 0.310 e. The quantitative estimate of drug-likeness (QED) is 0.850. The predicted molar refractivity (Wildman–Crippen MR) is 76.6 cm³/mol. The van der Waals surface area contributed by atoms with Gasteiger partial charge in [0.2, 0.25) is 0 Å². The zero-order chi connectivity index (χ0) is 13.4. The second kappa shape index (κ2) is 4.78. The molecule has 19 heavy (non-hydrogen) atoms. The molecule has 0 aliphatic carbocycles. The van der Waals surface area contributed by atoms with Gasteiger partial charge in [0, 0.05) is 5.92 Å². The highest BCUT2D eigenvalue weighted by atomic mass is 16.1. The molecule has 0 spiro atoms. The zero-order valence-corrected chi connectivity index (χ0v) is 11.4. The predicted octanol–water partition coefficient (Wildman–Crippen LogP) is 2.04. The van der Waals surface area contributed by atoms with Gasteiger partial charge in [-0.1, -0.05) is 11.6 Å². The van der Waals surface area contributed by atoms with Crippen molar-refractivity contribution in [2.75, 3.05) is 20.1 Å². The summed E-state index contributed by atoms with van der Waals surface area (Å²) in [5.41, 5.74) is 1.89. The number of piperidine rings is 1. The Kier molecular flexibility index (Phi) is 3.11. The molecule has 3 rings (SSSR count). The number of nitrogens with one attached hydrogen (secondary N) is 1. The molecule has 1 aromatic carbocycles. The van der Waals surface area contributed by atoms with Crippen LogP contribution in [0.1, 0.15) is 30.1 Å². The molecular weight excluding hydrogens is 238 g/mol. The van der Waals surface area contributed by atoms with E-state index in [2.05, 4.69) is 21.9 Å². The van der Waals surface area contributed by atoms with Crippen LogP contribution < -0.4 is 5.56 Å². The van der Waals surface area contributed by atoms with E-state index in [0.29, 0.717) is 11.3 Å². The van der Waals surface area contributed by atoms with Crippen LogP contribution in [0.15, 0.2) is 23.0 Å². The summed E-state index contributed by atoms with van der Waals surface area (Å²) in [4.78, 5) is 22.1. The summed E-state index contributed by atoms with van der Waals surface area (Å²) in [5, 5.41) is 0.691. The zero-order valence-electron chi connectivity index (χ0n) is 11.4. The molecule has 0 saturated carbocycles. The first-order valence-corrected chi connectivity index (χ1v) is 6.82. The minimum atomic E-state index is -0.0115. The molecule has 0 amide bonds. The van der Waals surface area contributed by atoms with Crippen LogP contribution >= 0.6 is 0 Å². The second-order valence-corrected chi connectivity index (χ2v) is 5.55. The summed E-state index contributed by atoms with van der Waals surface area (Å²) in [6.07, 6.45) is 2.13. The van der Waals surface area contributed by atoms with Gasteiger partial charge >= 0.3 is 0 Å². The van der Waals surface area contributed by atoms with Gasteiger partial charge in [0.25, 0.3) is 5.56 Å². The molecule has 4 heteroatoms. The molecule has 0 radical (unpaired) electrons. The number of benzene rings is 1. The number of rotatable bonds is 1. The lowest BCUT2D eigenvalue weighted by atomic mass is 9.96. The van der Waals surface area contributed by atoms with Crippen molar-refractivity contribution in [3.63, 3.8) is 0 Å². The summed E-state index contributed by atoms with van der Waals surface area (Å²) in [6, 6.07) is 5.85. The van der Waals surface area contributed by atoms with Crippen LogP contribution in [-0.2, 0) is 0 Å². The van der Waals surface area contributed by atoms with Gasteiger partial charge in [-0.3, -0.25) is 4.79 Å². The molecular formula is C15H19N3O. The Hall–Kier alpha value is -1.68. The van der Waals surface area contributed by atoms with E-state index >= 15 is 0 Å². The van der Waals surface area contributed by atoms with E-state index < -0.39 is 0 Å². The van der Waals surface area contributed by atoms with Gasteiger partial charge in [-0.25, -0.2) is 4.98 Å². The van der Waals surface area contributed by atoms with Crippen LogP contribution in [0, 0.1) is 6.92 Å². The van der Waals surface area contributed by atoms with E-state index in [9.17, 15) is 4.79 Å². The van der Waals surface area contributed by atoms with Gasteiger partial charge in [0.15, 0.2) is 0 Å². The second-order valence-electron chi connectivity index (χ2n) is 5.55.